The zero-order valence-corrected chi connectivity index (χ0v) is 81.3. The highest BCUT2D eigenvalue weighted by Crippen LogP contribution is 2.57. The molecule has 3 aromatic heterocycles. The van der Waals surface area contributed by atoms with E-state index in [1.54, 1.807) is 12.1 Å². The molecule has 28 rings (SSSR count). The van der Waals surface area contributed by atoms with Crippen LogP contribution in [0.15, 0.2) is 479 Å². The van der Waals surface area contributed by atoms with Crippen LogP contribution in [0.1, 0.15) is 123 Å². The number of benzene rings is 21. The summed E-state index contributed by atoms with van der Waals surface area (Å²) in [6, 6.07) is 174. The molecule has 4 aliphatic rings. The maximum atomic E-state index is 14.2. The lowest BCUT2D eigenvalue weighted by Crippen LogP contribution is -2.17. The first kappa shape index (κ1) is 86.2. The molecule has 1 unspecified atom stereocenters. The van der Waals surface area contributed by atoms with Crippen LogP contribution in [0, 0.1) is 5.82 Å². The number of nitrogens with zero attached hydrogens (tertiary/aromatic N) is 5. The fourth-order valence-electron chi connectivity index (χ4n) is 24.6. The van der Waals surface area contributed by atoms with Crippen molar-refractivity contribution in [3.8, 4) is 72.7 Å². The van der Waals surface area contributed by atoms with E-state index >= 15 is 0 Å². The first-order chi connectivity index (χ1) is 69.9. The first-order valence-corrected chi connectivity index (χ1v) is 50.1. The summed E-state index contributed by atoms with van der Waals surface area (Å²) in [6.45, 7) is 18.8. The molecule has 0 spiro atoms. The van der Waals surface area contributed by atoms with Crippen LogP contribution in [0.5, 0.6) is 0 Å². The molecule has 0 bridgehead atoms. The molecular formula is C137H104FN5. The average molecular weight is 1840 g/mol. The van der Waals surface area contributed by atoms with Crippen LogP contribution in [0.3, 0.4) is 0 Å². The van der Waals surface area contributed by atoms with E-state index in [1.165, 1.54) is 205 Å². The predicted molar refractivity (Wildman–Crippen MR) is 599 cm³/mol. The molecule has 684 valence electrons. The van der Waals surface area contributed by atoms with Crippen molar-refractivity contribution < 1.29 is 4.39 Å². The molecule has 3 heterocycles. The molecule has 4 aliphatic carbocycles. The van der Waals surface area contributed by atoms with E-state index in [0.29, 0.717) is 0 Å². The summed E-state index contributed by atoms with van der Waals surface area (Å²) < 4.78 is 21.3. The van der Waals surface area contributed by atoms with Crippen LogP contribution in [-0.4, -0.2) is 13.7 Å². The van der Waals surface area contributed by atoms with Gasteiger partial charge in [-0.3, -0.25) is 0 Å². The van der Waals surface area contributed by atoms with E-state index < -0.39 is 0 Å². The predicted octanol–water partition coefficient (Wildman–Crippen LogP) is 36.7. The Bertz CT molecular complexity index is 9230. The van der Waals surface area contributed by atoms with Gasteiger partial charge in [0, 0.05) is 111 Å². The molecule has 143 heavy (non-hydrogen) atoms. The summed E-state index contributed by atoms with van der Waals surface area (Å²) >= 11 is 0. The molecule has 0 amide bonds. The molecule has 0 saturated carbocycles. The Kier molecular flexibility index (Phi) is 20.2. The molecule has 0 radical (unpaired) electrons. The number of hydrogen-bond acceptors (Lipinski definition) is 2. The molecule has 1 atom stereocenters. The Labute approximate surface area is 834 Å². The van der Waals surface area contributed by atoms with Gasteiger partial charge in [0.25, 0.3) is 0 Å². The van der Waals surface area contributed by atoms with E-state index in [4.69, 9.17) is 0 Å². The van der Waals surface area contributed by atoms with Gasteiger partial charge in [0.1, 0.15) is 5.82 Å². The Morgan fingerprint density at radius 1 is 0.189 bits per heavy atom. The number of rotatable bonds is 13. The monoisotopic (exact) mass is 1840 g/mol. The summed E-state index contributed by atoms with van der Waals surface area (Å²) in [5.41, 5.74) is 44.9. The summed E-state index contributed by atoms with van der Waals surface area (Å²) in [7, 11) is 0. The smallest absolute Gasteiger partial charge is 0.123 e. The highest BCUT2D eigenvalue weighted by molar-refractivity contribution is 6.14. The fourth-order valence-corrected chi connectivity index (χ4v) is 24.6. The Balaban J connectivity index is 0.000000110. The van der Waals surface area contributed by atoms with Crippen LogP contribution in [0.2, 0.25) is 0 Å². The van der Waals surface area contributed by atoms with E-state index in [0.717, 1.165) is 39.7 Å². The topological polar surface area (TPSA) is 21.3 Å². The van der Waals surface area contributed by atoms with Crippen molar-refractivity contribution in [2.75, 3.05) is 9.80 Å². The normalized spacial score (nSPS) is 14.0. The van der Waals surface area contributed by atoms with Crippen molar-refractivity contribution in [3.63, 3.8) is 0 Å². The lowest BCUT2D eigenvalue weighted by atomic mass is 9.81. The van der Waals surface area contributed by atoms with E-state index in [2.05, 4.69) is 534 Å². The zero-order valence-electron chi connectivity index (χ0n) is 81.3. The van der Waals surface area contributed by atoms with Gasteiger partial charge in [-0.15, -0.1) is 0 Å². The third-order valence-electron chi connectivity index (χ3n) is 31.7. The Morgan fingerprint density at radius 3 is 0.944 bits per heavy atom. The highest BCUT2D eigenvalue weighted by atomic mass is 19.1. The first-order valence-electron chi connectivity index (χ1n) is 50.1. The fraction of sp³-hybridized carbons (Fsp3) is 0.0949. The largest absolute Gasteiger partial charge is 0.310 e. The number of anilines is 6. The molecule has 24 aromatic rings. The van der Waals surface area contributed by atoms with E-state index in [-0.39, 0.29) is 33.4 Å². The van der Waals surface area contributed by atoms with Crippen LogP contribution < -0.4 is 9.80 Å². The quantitative estimate of drug-likeness (QED) is 0.107. The highest BCUT2D eigenvalue weighted by Gasteiger charge is 2.41. The molecular weight excluding hydrogens is 1730 g/mol. The van der Waals surface area contributed by atoms with Crippen molar-refractivity contribution >= 4 is 110 Å². The van der Waals surface area contributed by atoms with Crippen LogP contribution in [-0.2, 0) is 21.7 Å². The third-order valence-corrected chi connectivity index (χ3v) is 31.7. The SMILES string of the molecule is CC1(C)c2ccccc2-c2cc(N(c3ccc4c(c3)C(C)(C)c3ccccc3-4)c3ccc4c(c3)c3ccccc3n4-c3ccccc3)ccc21.CC1(C)c2ccccc2-c2ccc(-c3ccc(C(c4ccc(F)cc4)c4ccc5c(c4)c4ccccc4n5-c4ccccc4)cc3)cc21.CC1(C)c2ccccc2-c2ccc(N(c3ccc4ccccc4c3)c3ccc4c(c3)c3ccccc3n4-c3ccccc3)cc21. The van der Waals surface area contributed by atoms with Crippen molar-refractivity contribution in [2.45, 2.75) is 83.0 Å². The molecule has 6 heteroatoms. The second-order valence-electron chi connectivity index (χ2n) is 41.2. The lowest BCUT2D eigenvalue weighted by molar-refractivity contribution is 0.627. The summed E-state index contributed by atoms with van der Waals surface area (Å²) in [6.07, 6.45) is 0. The van der Waals surface area contributed by atoms with Gasteiger partial charge in [-0.25, -0.2) is 4.39 Å². The van der Waals surface area contributed by atoms with Crippen molar-refractivity contribution in [1.29, 1.82) is 0 Å². The maximum Gasteiger partial charge on any atom is 0.123 e. The van der Waals surface area contributed by atoms with Crippen LogP contribution in [0.25, 0.3) is 149 Å². The molecule has 0 aliphatic heterocycles. The van der Waals surface area contributed by atoms with Gasteiger partial charge in [-0.1, -0.05) is 365 Å². The summed E-state index contributed by atoms with van der Waals surface area (Å²) in [5, 5.41) is 9.89. The minimum atomic E-state index is -0.226. The Hall–Kier alpha value is -17.2. The van der Waals surface area contributed by atoms with Gasteiger partial charge in [0.2, 0.25) is 0 Å². The minimum absolute atomic E-state index is 0.0438. The van der Waals surface area contributed by atoms with Gasteiger partial charge in [0.05, 0.1) is 33.1 Å². The minimum Gasteiger partial charge on any atom is -0.310 e. The zero-order chi connectivity index (χ0) is 96.3. The maximum absolute atomic E-state index is 14.2. The molecule has 0 N–H and O–H groups in total. The van der Waals surface area contributed by atoms with Gasteiger partial charge >= 0.3 is 0 Å². The Morgan fingerprint density at radius 2 is 0.483 bits per heavy atom. The van der Waals surface area contributed by atoms with Crippen LogP contribution in [0.4, 0.5) is 38.5 Å². The second-order valence-corrected chi connectivity index (χ2v) is 41.2. The number of hydrogen-bond donors (Lipinski definition) is 0. The van der Waals surface area contributed by atoms with Gasteiger partial charge in [-0.05, 0) is 297 Å². The number of aromatic nitrogens is 3. The third kappa shape index (κ3) is 14.0. The van der Waals surface area contributed by atoms with E-state index in [1.807, 2.05) is 12.1 Å². The number of halogens is 1. The molecule has 5 nitrogen and oxygen atoms in total. The van der Waals surface area contributed by atoms with Crippen LogP contribution >= 0.6 is 0 Å². The molecule has 0 fully saturated rings. The molecule has 0 saturated heterocycles. The van der Waals surface area contributed by atoms with Gasteiger partial charge in [-0.2, -0.15) is 0 Å². The number of fused-ring (bicyclic) bond motifs is 22. The average Bonchev–Trinajstić information content (AvgIpc) is 1.57. The van der Waals surface area contributed by atoms with Gasteiger partial charge < -0.3 is 23.5 Å². The summed E-state index contributed by atoms with van der Waals surface area (Å²) in [4.78, 5) is 4.90. The second kappa shape index (κ2) is 33.5. The van der Waals surface area contributed by atoms with Gasteiger partial charge in [0.15, 0.2) is 0 Å². The molecule has 21 aromatic carbocycles. The summed E-state index contributed by atoms with van der Waals surface area (Å²) in [5.74, 6) is -0.285. The van der Waals surface area contributed by atoms with Crippen molar-refractivity contribution in [1.82, 2.24) is 13.7 Å². The van der Waals surface area contributed by atoms with Crippen molar-refractivity contribution in [3.05, 3.63) is 546 Å². The lowest BCUT2D eigenvalue weighted by Gasteiger charge is -2.29. The standard InChI is InChI=1S/C48H38N2.C46H34FN.C43H32N2/c1-47(2)42-20-12-9-17-36(42)39-28-32(23-26-43(39)47)49(34-22-25-37-35-16-8-11-19-41(35)48(3,4)44(37)30-34)33-24-27-46-40(29-33)38-18-10-13-21-45(38)50(46)31-14-6-5-7-15-31;1-46(2)41-14-8-6-12-37(41)38-26-22-33(29-42(38)46)30-16-18-31(19-17-30)45(32-20-24-35(47)25-21-32)34-23-27-44-40(28-34)39-13-7-9-15-43(39)48(44)36-10-4-3-5-11-36;1-43(2)39-18-10-8-16-35(39)36-24-22-34(28-40(36)43)44(32-21-20-29-12-6-7-13-30(29)26-32)33-23-25-42-38(27-33)37-17-9-11-19-41(37)45(42)31-14-4-3-5-15-31/h5-30H,1-4H3;3-29,45H,1-2H3;3-28H,1-2H3. The van der Waals surface area contributed by atoms with Crippen molar-refractivity contribution in [2.24, 2.45) is 0 Å². The van der Waals surface area contributed by atoms with E-state index in [9.17, 15) is 4.39 Å². The number of para-hydroxylation sites is 6.